The van der Waals surface area contributed by atoms with Gasteiger partial charge in [-0.3, -0.25) is 9.59 Å². The van der Waals surface area contributed by atoms with E-state index in [-0.39, 0.29) is 31.1 Å². The normalized spacial score (nSPS) is 20.2. The average Bonchev–Trinajstić information content (AvgIpc) is 2.28. The van der Waals surface area contributed by atoms with Crippen LogP contribution < -0.4 is 0 Å². The molecule has 1 atom stereocenters. The van der Waals surface area contributed by atoms with Crippen molar-refractivity contribution in [1.82, 2.24) is 4.90 Å². The molecule has 1 fully saturated rings. The predicted octanol–water partition coefficient (Wildman–Crippen LogP) is 0.832. The molecule has 0 bridgehead atoms. The van der Waals surface area contributed by atoms with Gasteiger partial charge in [0.15, 0.2) is 5.78 Å². The van der Waals surface area contributed by atoms with Crippen molar-refractivity contribution in [2.45, 2.75) is 32.2 Å². The minimum absolute atomic E-state index is 0.00722. The first-order valence-electron chi connectivity index (χ1n) is 4.10. The van der Waals surface area contributed by atoms with E-state index >= 15 is 0 Å². The van der Waals surface area contributed by atoms with Crippen molar-refractivity contribution >= 4 is 11.7 Å². The van der Waals surface area contributed by atoms with E-state index < -0.39 is 12.5 Å². The van der Waals surface area contributed by atoms with Gasteiger partial charge in [0.05, 0.1) is 13.0 Å². The largest absolute Gasteiger partial charge is 0.332 e. The Labute approximate surface area is 74.7 Å². The van der Waals surface area contributed by atoms with E-state index in [1.165, 1.54) is 11.8 Å². The highest BCUT2D eigenvalue weighted by atomic mass is 19.3. The van der Waals surface area contributed by atoms with Gasteiger partial charge in [-0.05, 0) is 6.92 Å². The van der Waals surface area contributed by atoms with Gasteiger partial charge < -0.3 is 4.90 Å². The summed E-state index contributed by atoms with van der Waals surface area (Å²) in [6, 6.07) is -0.543. The number of likely N-dealkylation sites (tertiary alicyclic amines) is 1. The Morgan fingerprint density at radius 3 is 2.46 bits per heavy atom. The fraction of sp³-hybridized carbons (Fsp3) is 0.750. The Bertz CT molecular complexity index is 230. The molecule has 1 unspecified atom stereocenters. The molecule has 0 saturated carbocycles. The van der Waals surface area contributed by atoms with Gasteiger partial charge in [-0.2, -0.15) is 0 Å². The summed E-state index contributed by atoms with van der Waals surface area (Å²) in [5.74, 6) is -0.524. The van der Waals surface area contributed by atoms with Crippen molar-refractivity contribution in [1.29, 1.82) is 0 Å². The molecule has 0 aromatic carbocycles. The molecule has 0 spiro atoms. The molecule has 1 amide bonds. The fourth-order valence-electron chi connectivity index (χ4n) is 1.39. The number of ketones is 1. The zero-order valence-electron chi connectivity index (χ0n) is 7.30. The van der Waals surface area contributed by atoms with Crippen LogP contribution in [0.5, 0.6) is 0 Å². The van der Waals surface area contributed by atoms with Gasteiger partial charge in [-0.15, -0.1) is 0 Å². The number of nitrogens with zero attached hydrogens (tertiary/aromatic N) is 1. The first-order chi connectivity index (χ1) is 6.00. The summed E-state index contributed by atoms with van der Waals surface area (Å²) < 4.78 is 23.9. The van der Waals surface area contributed by atoms with E-state index in [1.807, 2.05) is 0 Å². The summed E-state index contributed by atoms with van der Waals surface area (Å²) in [6.45, 7) is 1.52. The van der Waals surface area contributed by atoms with Gasteiger partial charge in [-0.1, -0.05) is 0 Å². The highest BCUT2D eigenvalue weighted by Gasteiger charge is 2.31. The maximum absolute atomic E-state index is 11.9. The van der Waals surface area contributed by atoms with E-state index in [0.717, 1.165) is 0 Å². The van der Waals surface area contributed by atoms with Crippen LogP contribution >= 0.6 is 0 Å². The molecule has 1 rings (SSSR count). The maximum atomic E-state index is 11.9. The summed E-state index contributed by atoms with van der Waals surface area (Å²) in [6.07, 6.45) is -2.93. The maximum Gasteiger partial charge on any atom is 0.240 e. The lowest BCUT2D eigenvalue weighted by molar-refractivity contribution is -0.129. The van der Waals surface area contributed by atoms with E-state index in [4.69, 9.17) is 0 Å². The molecule has 5 heteroatoms. The number of carbonyl (C=O) groups excluding carboxylic acids is 2. The van der Waals surface area contributed by atoms with Crippen molar-refractivity contribution < 1.29 is 18.4 Å². The van der Waals surface area contributed by atoms with Crippen LogP contribution in [0.1, 0.15) is 19.8 Å². The molecule has 0 N–H and O–H groups in total. The Morgan fingerprint density at radius 2 is 2.08 bits per heavy atom. The SMILES string of the molecule is CC(CC(F)F)N1CC(=O)CC1=O. The van der Waals surface area contributed by atoms with E-state index in [2.05, 4.69) is 0 Å². The van der Waals surface area contributed by atoms with Gasteiger partial charge in [0.2, 0.25) is 12.3 Å². The van der Waals surface area contributed by atoms with Crippen LogP contribution in [0, 0.1) is 0 Å². The number of halogens is 2. The highest BCUT2D eigenvalue weighted by molar-refractivity contribution is 6.05. The number of alkyl halides is 2. The fourth-order valence-corrected chi connectivity index (χ4v) is 1.39. The van der Waals surface area contributed by atoms with Crippen LogP contribution in [0.15, 0.2) is 0 Å². The van der Waals surface area contributed by atoms with Crippen molar-refractivity contribution in [3.63, 3.8) is 0 Å². The Hall–Kier alpha value is -1.00. The molecule has 1 saturated heterocycles. The Balaban J connectivity index is 2.52. The van der Waals surface area contributed by atoms with Crippen LogP contribution in [-0.2, 0) is 9.59 Å². The topological polar surface area (TPSA) is 37.4 Å². The van der Waals surface area contributed by atoms with Crippen molar-refractivity contribution in [3.05, 3.63) is 0 Å². The summed E-state index contributed by atoms with van der Waals surface area (Å²) >= 11 is 0. The first-order valence-corrected chi connectivity index (χ1v) is 4.10. The van der Waals surface area contributed by atoms with Gasteiger partial charge in [0.1, 0.15) is 0 Å². The van der Waals surface area contributed by atoms with Gasteiger partial charge >= 0.3 is 0 Å². The van der Waals surface area contributed by atoms with Crippen LogP contribution in [0.4, 0.5) is 8.78 Å². The van der Waals surface area contributed by atoms with Crippen molar-refractivity contribution in [2.24, 2.45) is 0 Å². The van der Waals surface area contributed by atoms with Gasteiger partial charge in [0, 0.05) is 12.5 Å². The molecule has 0 radical (unpaired) electrons. The lowest BCUT2D eigenvalue weighted by Gasteiger charge is -2.22. The third-order valence-corrected chi connectivity index (χ3v) is 2.07. The molecular formula is C8H11F2NO2. The summed E-state index contributed by atoms with van der Waals surface area (Å²) in [4.78, 5) is 23.1. The second-order valence-electron chi connectivity index (χ2n) is 3.21. The molecule has 1 aliphatic rings. The molecule has 74 valence electrons. The number of Topliss-reactive ketones (excluding diaryl/α,β-unsaturated/α-hetero) is 1. The average molecular weight is 191 g/mol. The summed E-state index contributed by atoms with van der Waals surface area (Å²) in [7, 11) is 0. The van der Waals surface area contributed by atoms with Gasteiger partial charge in [0.25, 0.3) is 0 Å². The third-order valence-electron chi connectivity index (χ3n) is 2.07. The van der Waals surface area contributed by atoms with Crippen LogP contribution in [-0.4, -0.2) is 35.6 Å². The predicted molar refractivity (Wildman–Crippen MR) is 41.4 cm³/mol. The number of hydrogen-bond acceptors (Lipinski definition) is 2. The molecule has 3 nitrogen and oxygen atoms in total. The molecular weight excluding hydrogens is 180 g/mol. The number of rotatable bonds is 3. The molecule has 0 aliphatic carbocycles. The molecule has 13 heavy (non-hydrogen) atoms. The Morgan fingerprint density at radius 1 is 1.46 bits per heavy atom. The number of amides is 1. The summed E-state index contributed by atoms with van der Waals surface area (Å²) in [5, 5.41) is 0. The summed E-state index contributed by atoms with van der Waals surface area (Å²) in [5.41, 5.74) is 0. The number of hydrogen-bond donors (Lipinski definition) is 0. The Kier molecular flexibility index (Phi) is 2.95. The quantitative estimate of drug-likeness (QED) is 0.619. The second-order valence-corrected chi connectivity index (χ2v) is 3.21. The highest BCUT2D eigenvalue weighted by Crippen LogP contribution is 2.16. The molecule has 0 aromatic heterocycles. The minimum Gasteiger partial charge on any atom is -0.332 e. The van der Waals surface area contributed by atoms with E-state index in [9.17, 15) is 18.4 Å². The zero-order valence-corrected chi connectivity index (χ0v) is 7.30. The van der Waals surface area contributed by atoms with E-state index in [1.54, 1.807) is 0 Å². The van der Waals surface area contributed by atoms with Crippen molar-refractivity contribution in [3.8, 4) is 0 Å². The van der Waals surface area contributed by atoms with Gasteiger partial charge in [-0.25, -0.2) is 8.78 Å². The number of carbonyl (C=O) groups is 2. The van der Waals surface area contributed by atoms with E-state index in [0.29, 0.717) is 0 Å². The lowest BCUT2D eigenvalue weighted by Crippen LogP contribution is -2.35. The third kappa shape index (κ3) is 2.47. The smallest absolute Gasteiger partial charge is 0.240 e. The van der Waals surface area contributed by atoms with Crippen LogP contribution in [0.3, 0.4) is 0 Å². The second kappa shape index (κ2) is 3.81. The molecule has 1 aliphatic heterocycles. The standard InChI is InChI=1S/C8H11F2NO2/c1-5(2-7(9)10)11-4-6(12)3-8(11)13/h5,7H,2-4H2,1H3. The van der Waals surface area contributed by atoms with Crippen LogP contribution in [0.25, 0.3) is 0 Å². The monoisotopic (exact) mass is 191 g/mol. The first kappa shape index (κ1) is 10.1. The van der Waals surface area contributed by atoms with Crippen LogP contribution in [0.2, 0.25) is 0 Å². The molecule has 1 heterocycles. The minimum atomic E-state index is -2.43. The van der Waals surface area contributed by atoms with Crippen molar-refractivity contribution in [2.75, 3.05) is 6.54 Å². The lowest BCUT2D eigenvalue weighted by atomic mass is 10.2. The molecule has 0 aromatic rings. The zero-order chi connectivity index (χ0) is 10.0.